The molecule has 14 nitrogen and oxygen atoms in total. The second kappa shape index (κ2) is 11.1. The molecular formula is C25H29N6O8P. The van der Waals surface area contributed by atoms with Crippen molar-refractivity contribution in [3.8, 4) is 11.8 Å². The number of hydrogen-bond acceptors (Lipinski definition) is 12. The number of nitrogens with one attached hydrogen (secondary N) is 1. The van der Waals surface area contributed by atoms with Crippen LogP contribution >= 0.6 is 7.75 Å². The highest BCUT2D eigenvalue weighted by molar-refractivity contribution is 7.52. The average Bonchev–Trinajstić information content (AvgIpc) is 3.62. The molecule has 1 unspecified atom stereocenters. The van der Waals surface area contributed by atoms with Crippen molar-refractivity contribution in [3.63, 3.8) is 0 Å². The van der Waals surface area contributed by atoms with Crippen LogP contribution in [0.3, 0.4) is 0 Å². The second-order valence-corrected chi connectivity index (χ2v) is 11.5. The number of aliphatic hydroxyl groups excluding tert-OH is 2. The first-order valence-electron chi connectivity index (χ1n) is 12.6. The summed E-state index contributed by atoms with van der Waals surface area (Å²) in [5.41, 5.74) is 4.44. The van der Waals surface area contributed by atoms with E-state index >= 15 is 0 Å². The van der Waals surface area contributed by atoms with E-state index in [1.807, 2.05) is 6.07 Å². The van der Waals surface area contributed by atoms with Crippen LogP contribution in [0, 0.1) is 17.2 Å². The average molecular weight is 573 g/mol. The Balaban J connectivity index is 1.36. The summed E-state index contributed by atoms with van der Waals surface area (Å²) in [6.07, 6.45) is -1.41. The Morgan fingerprint density at radius 2 is 2.08 bits per heavy atom. The van der Waals surface area contributed by atoms with Gasteiger partial charge in [-0.2, -0.15) is 15.4 Å². The summed E-state index contributed by atoms with van der Waals surface area (Å²) < 4.78 is 37.6. The fraction of sp³-hybridized carbons (Fsp3) is 0.440. The zero-order valence-corrected chi connectivity index (χ0v) is 22.4. The molecule has 1 aliphatic heterocycles. The molecule has 1 aliphatic carbocycles. The van der Waals surface area contributed by atoms with E-state index in [2.05, 4.69) is 15.2 Å². The number of nitrogens with two attached hydrogens (primary N) is 1. The van der Waals surface area contributed by atoms with Gasteiger partial charge < -0.3 is 29.9 Å². The first kappa shape index (κ1) is 28.0. The topological polar surface area (TPSA) is 204 Å². The maximum absolute atomic E-state index is 13.9. The number of ether oxygens (including phenoxy) is 2. The molecule has 1 saturated heterocycles. The van der Waals surface area contributed by atoms with Crippen LogP contribution in [0.15, 0.2) is 48.8 Å². The lowest BCUT2D eigenvalue weighted by Crippen LogP contribution is -2.46. The number of nitrogen functional groups attached to an aromatic ring is 1. The fourth-order valence-corrected chi connectivity index (χ4v) is 5.79. The SMILES string of the molecule is C[C@H](NP(=O)(OC[C@@]1(C#N)O[C@@H](c2ccc3c(N)ncnn23)[C@H](O)[C@@H]1O)Oc1ccccc1)C(=O)OCC1CC1. The highest BCUT2D eigenvalue weighted by Crippen LogP contribution is 2.48. The minimum atomic E-state index is -4.38. The van der Waals surface area contributed by atoms with Crippen LogP contribution < -0.4 is 15.3 Å². The number of benzene rings is 1. The van der Waals surface area contributed by atoms with E-state index in [9.17, 15) is 24.8 Å². The van der Waals surface area contributed by atoms with Crippen molar-refractivity contribution in [2.75, 3.05) is 18.9 Å². The van der Waals surface area contributed by atoms with E-state index < -0.39 is 50.3 Å². The van der Waals surface area contributed by atoms with Gasteiger partial charge in [-0.15, -0.1) is 0 Å². The van der Waals surface area contributed by atoms with Crippen LogP contribution in [0.2, 0.25) is 0 Å². The molecule has 2 aromatic heterocycles. The molecule has 15 heteroatoms. The highest BCUT2D eigenvalue weighted by atomic mass is 31.2. The second-order valence-electron chi connectivity index (χ2n) is 9.78. The molecule has 0 radical (unpaired) electrons. The Labute approximate surface area is 229 Å². The van der Waals surface area contributed by atoms with Crippen molar-refractivity contribution in [2.45, 2.75) is 49.7 Å². The number of para-hydroxylation sites is 1. The number of carbonyl (C=O) groups excluding carboxylic acids is 1. The number of aromatic nitrogens is 3. The number of carbonyl (C=O) groups is 1. The number of anilines is 1. The summed E-state index contributed by atoms with van der Waals surface area (Å²) in [5, 5.41) is 38.5. The van der Waals surface area contributed by atoms with Gasteiger partial charge in [0, 0.05) is 0 Å². The van der Waals surface area contributed by atoms with Gasteiger partial charge in [-0.05, 0) is 49.9 Å². The Kier molecular flexibility index (Phi) is 7.78. The van der Waals surface area contributed by atoms with Crippen molar-refractivity contribution < 1.29 is 38.1 Å². The van der Waals surface area contributed by atoms with Crippen LogP contribution in [0.25, 0.3) is 5.52 Å². The van der Waals surface area contributed by atoms with E-state index in [4.69, 9.17) is 24.3 Å². The van der Waals surface area contributed by atoms with Crippen molar-refractivity contribution in [1.82, 2.24) is 19.7 Å². The molecule has 0 spiro atoms. The molecule has 40 heavy (non-hydrogen) atoms. The number of hydrogen-bond donors (Lipinski definition) is 4. The molecule has 1 aromatic carbocycles. The van der Waals surface area contributed by atoms with Crippen LogP contribution in [-0.2, 0) is 23.4 Å². The minimum absolute atomic E-state index is 0.158. The molecule has 2 aliphatic rings. The van der Waals surface area contributed by atoms with Crippen LogP contribution in [0.4, 0.5) is 5.82 Å². The van der Waals surface area contributed by atoms with E-state index in [1.165, 1.54) is 29.9 Å². The molecule has 3 aromatic rings. The lowest BCUT2D eigenvalue weighted by molar-refractivity contribution is -0.145. The predicted molar refractivity (Wildman–Crippen MR) is 138 cm³/mol. The predicted octanol–water partition coefficient (Wildman–Crippen LogP) is 1.50. The Morgan fingerprint density at radius 1 is 1.32 bits per heavy atom. The van der Waals surface area contributed by atoms with Gasteiger partial charge in [-0.1, -0.05) is 18.2 Å². The first-order valence-corrected chi connectivity index (χ1v) is 14.2. The van der Waals surface area contributed by atoms with Crippen LogP contribution in [-0.4, -0.2) is 67.8 Å². The van der Waals surface area contributed by atoms with Gasteiger partial charge in [0.1, 0.15) is 54.6 Å². The van der Waals surface area contributed by atoms with Crippen molar-refractivity contribution >= 4 is 25.1 Å². The Bertz CT molecular complexity index is 1460. The van der Waals surface area contributed by atoms with Gasteiger partial charge in [0.05, 0.1) is 12.3 Å². The first-order chi connectivity index (χ1) is 19.1. The fourth-order valence-electron chi connectivity index (χ4n) is 4.27. The Morgan fingerprint density at radius 3 is 2.77 bits per heavy atom. The summed E-state index contributed by atoms with van der Waals surface area (Å²) in [7, 11) is -4.38. The van der Waals surface area contributed by atoms with E-state index in [1.54, 1.807) is 30.3 Å². The van der Waals surface area contributed by atoms with Crippen molar-refractivity contribution in [1.29, 1.82) is 5.26 Å². The monoisotopic (exact) mass is 572 g/mol. The highest BCUT2D eigenvalue weighted by Gasteiger charge is 2.57. The lowest BCUT2D eigenvalue weighted by Gasteiger charge is -2.28. The zero-order chi connectivity index (χ0) is 28.5. The van der Waals surface area contributed by atoms with Crippen molar-refractivity contribution in [3.05, 3.63) is 54.5 Å². The lowest BCUT2D eigenvalue weighted by atomic mass is 9.96. The van der Waals surface area contributed by atoms with Crippen molar-refractivity contribution in [2.24, 2.45) is 5.92 Å². The number of nitrogens with zero attached hydrogens (tertiary/aromatic N) is 4. The zero-order valence-electron chi connectivity index (χ0n) is 21.5. The van der Waals surface area contributed by atoms with Gasteiger partial charge in [0.15, 0.2) is 5.82 Å². The van der Waals surface area contributed by atoms with Crippen LogP contribution in [0.1, 0.15) is 31.6 Å². The molecule has 5 rings (SSSR count). The largest absolute Gasteiger partial charge is 0.464 e. The molecular weight excluding hydrogens is 543 g/mol. The molecule has 0 amide bonds. The maximum atomic E-state index is 13.9. The molecule has 6 atom stereocenters. The number of nitriles is 1. The summed E-state index contributed by atoms with van der Waals surface area (Å²) >= 11 is 0. The maximum Gasteiger partial charge on any atom is 0.459 e. The van der Waals surface area contributed by atoms with Gasteiger partial charge in [0.2, 0.25) is 5.60 Å². The standard InChI is InChI=1S/C25H29N6O8P/c1-15(24(34)36-11-16-7-8-16)30-40(35,39-17-5-3-2-4-6-17)37-13-25(12-26)22(33)20(32)21(38-25)18-9-10-19-23(27)28-14-29-31(18)19/h2-6,9-10,14-16,20-22,32-33H,7-8,11,13H2,1H3,(H,30,35)(H2,27,28,29)/t15-,20-,21-,22-,25+,40?/m0/s1. The van der Waals surface area contributed by atoms with E-state index in [-0.39, 0.29) is 18.2 Å². The third-order valence-corrected chi connectivity index (χ3v) is 8.35. The summed E-state index contributed by atoms with van der Waals surface area (Å²) in [6, 6.07) is 12.0. The molecule has 2 fully saturated rings. The molecule has 5 N–H and O–H groups in total. The van der Waals surface area contributed by atoms with Crippen LogP contribution in [0.5, 0.6) is 5.75 Å². The van der Waals surface area contributed by atoms with E-state index in [0.717, 1.165) is 12.8 Å². The molecule has 1 saturated carbocycles. The third-order valence-electron chi connectivity index (χ3n) is 6.72. The quantitative estimate of drug-likeness (QED) is 0.190. The minimum Gasteiger partial charge on any atom is -0.464 e. The number of rotatable bonds is 11. The number of aliphatic hydroxyl groups is 2. The third kappa shape index (κ3) is 5.66. The number of esters is 1. The van der Waals surface area contributed by atoms with Gasteiger partial charge >= 0.3 is 13.7 Å². The molecule has 3 heterocycles. The summed E-state index contributed by atoms with van der Waals surface area (Å²) in [4.78, 5) is 16.4. The van der Waals surface area contributed by atoms with Gasteiger partial charge in [0.25, 0.3) is 0 Å². The smallest absolute Gasteiger partial charge is 0.459 e. The van der Waals surface area contributed by atoms with Gasteiger partial charge in [-0.25, -0.2) is 14.1 Å². The molecule has 212 valence electrons. The summed E-state index contributed by atoms with van der Waals surface area (Å²) in [5.74, 6) is 0.0114. The normalized spacial score (nSPS) is 26.6. The van der Waals surface area contributed by atoms with E-state index in [0.29, 0.717) is 17.1 Å². The molecule has 0 bridgehead atoms. The van der Waals surface area contributed by atoms with Gasteiger partial charge in [-0.3, -0.25) is 9.32 Å². The summed E-state index contributed by atoms with van der Waals surface area (Å²) in [6.45, 7) is 0.905. The Hall–Kier alpha value is -3.57. The number of fused-ring (bicyclic) bond motifs is 1.